The van der Waals surface area contributed by atoms with Gasteiger partial charge in [0.1, 0.15) is 11.4 Å². The summed E-state index contributed by atoms with van der Waals surface area (Å²) in [6, 6.07) is 7.42. The Morgan fingerprint density at radius 3 is 2.78 bits per heavy atom. The van der Waals surface area contributed by atoms with E-state index in [1.807, 2.05) is 24.3 Å². The van der Waals surface area contributed by atoms with Crippen molar-refractivity contribution in [1.29, 1.82) is 0 Å². The highest BCUT2D eigenvalue weighted by atomic mass is 35.5. The topological polar surface area (TPSA) is 51.8 Å². The first-order chi connectivity index (χ1) is 8.75. The lowest BCUT2D eigenvalue weighted by atomic mass is 10.2. The maximum absolute atomic E-state index is 5.79. The van der Waals surface area contributed by atoms with Crippen LogP contribution < -0.4 is 5.73 Å². The first-order valence-electron chi connectivity index (χ1n) is 5.18. The van der Waals surface area contributed by atoms with E-state index in [0.717, 1.165) is 10.6 Å². The molecule has 0 saturated heterocycles. The van der Waals surface area contributed by atoms with Gasteiger partial charge in [0.25, 0.3) is 0 Å². The molecule has 0 bridgehead atoms. The number of nitrogens with two attached hydrogens (primary N) is 1. The van der Waals surface area contributed by atoms with Crippen molar-refractivity contribution in [2.75, 3.05) is 11.5 Å². The van der Waals surface area contributed by atoms with Crippen molar-refractivity contribution in [3.05, 3.63) is 47.4 Å². The van der Waals surface area contributed by atoms with E-state index in [-0.39, 0.29) is 0 Å². The fraction of sp³-hybridized carbons (Fsp3) is 0.0769. The van der Waals surface area contributed by atoms with Crippen LogP contribution >= 0.6 is 23.4 Å². The van der Waals surface area contributed by atoms with Crippen LogP contribution in [0.4, 0.5) is 5.69 Å². The molecule has 90 valence electrons. The van der Waals surface area contributed by atoms with Gasteiger partial charge in [0.05, 0.1) is 17.6 Å². The monoisotopic (exact) mass is 275 g/mol. The zero-order chi connectivity index (χ0) is 12.8. The van der Waals surface area contributed by atoms with Crippen LogP contribution in [-0.2, 0) is 0 Å². The molecule has 5 heteroatoms. The molecule has 0 unspecified atom stereocenters. The quantitative estimate of drug-likeness (QED) is 0.520. The first-order valence-corrected chi connectivity index (χ1v) is 6.55. The molecule has 2 N–H and O–H groups in total. The molecule has 0 atom stereocenters. The summed E-state index contributed by atoms with van der Waals surface area (Å²) in [7, 11) is 0. The summed E-state index contributed by atoms with van der Waals surface area (Å²) < 4.78 is 0. The van der Waals surface area contributed by atoms with Gasteiger partial charge in [0.15, 0.2) is 0 Å². The summed E-state index contributed by atoms with van der Waals surface area (Å²) in [5.74, 6) is 6.73. The third-order valence-electron chi connectivity index (χ3n) is 2.06. The summed E-state index contributed by atoms with van der Waals surface area (Å²) in [6.07, 6.45) is 3.06. The lowest BCUT2D eigenvalue weighted by Gasteiger charge is -1.98. The van der Waals surface area contributed by atoms with E-state index in [4.69, 9.17) is 17.3 Å². The molecule has 2 aromatic rings. The lowest BCUT2D eigenvalue weighted by molar-refractivity contribution is 1.06. The number of anilines is 1. The molecule has 0 aliphatic carbocycles. The van der Waals surface area contributed by atoms with Crippen molar-refractivity contribution >= 4 is 29.1 Å². The molecule has 0 amide bonds. The molecule has 2 rings (SSSR count). The van der Waals surface area contributed by atoms with Gasteiger partial charge in [-0.3, -0.25) is 0 Å². The summed E-state index contributed by atoms with van der Waals surface area (Å²) in [6.45, 7) is 0. The SMILES string of the molecule is Nc1cncnc1SCC#Cc1ccc(Cl)cc1. The van der Waals surface area contributed by atoms with Gasteiger partial charge in [-0.2, -0.15) is 0 Å². The molecule has 0 radical (unpaired) electrons. The molecule has 1 aromatic carbocycles. The summed E-state index contributed by atoms with van der Waals surface area (Å²) in [4.78, 5) is 7.91. The van der Waals surface area contributed by atoms with E-state index in [2.05, 4.69) is 21.8 Å². The summed E-state index contributed by atoms with van der Waals surface area (Å²) in [5.41, 5.74) is 7.24. The standard InChI is InChI=1S/C13H10ClN3S/c14-11-5-3-10(4-6-11)2-1-7-18-13-12(15)8-16-9-17-13/h3-6,8-9H,7,15H2. The van der Waals surface area contributed by atoms with Crippen LogP contribution in [-0.4, -0.2) is 15.7 Å². The Bertz CT molecular complexity index is 587. The Balaban J connectivity index is 1.93. The Hall–Kier alpha value is -1.70. The molecule has 0 fully saturated rings. The number of aromatic nitrogens is 2. The smallest absolute Gasteiger partial charge is 0.123 e. The predicted molar refractivity (Wildman–Crippen MR) is 75.5 cm³/mol. The number of nitrogens with zero attached hydrogens (tertiary/aromatic N) is 2. The van der Waals surface area contributed by atoms with E-state index < -0.39 is 0 Å². The van der Waals surface area contributed by atoms with E-state index >= 15 is 0 Å². The predicted octanol–water partition coefficient (Wildman–Crippen LogP) is 2.86. The maximum atomic E-state index is 5.79. The summed E-state index contributed by atoms with van der Waals surface area (Å²) >= 11 is 7.28. The molecular weight excluding hydrogens is 266 g/mol. The van der Waals surface area contributed by atoms with E-state index in [1.54, 1.807) is 6.20 Å². The normalized spacial score (nSPS) is 9.61. The second kappa shape index (κ2) is 6.29. The van der Waals surface area contributed by atoms with Crippen LogP contribution in [0.25, 0.3) is 0 Å². The molecular formula is C13H10ClN3S. The van der Waals surface area contributed by atoms with Gasteiger partial charge in [0, 0.05) is 10.6 Å². The number of halogens is 1. The molecule has 1 aromatic heterocycles. The van der Waals surface area contributed by atoms with Gasteiger partial charge >= 0.3 is 0 Å². The van der Waals surface area contributed by atoms with Crippen molar-refractivity contribution in [2.45, 2.75) is 5.03 Å². The van der Waals surface area contributed by atoms with Gasteiger partial charge in [-0.25, -0.2) is 9.97 Å². The third-order valence-corrected chi connectivity index (χ3v) is 3.22. The van der Waals surface area contributed by atoms with Crippen molar-refractivity contribution in [3.63, 3.8) is 0 Å². The number of hydrogen-bond acceptors (Lipinski definition) is 4. The second-order valence-corrected chi connectivity index (χ2v) is 4.78. The fourth-order valence-corrected chi connectivity index (χ4v) is 1.97. The van der Waals surface area contributed by atoms with E-state index in [9.17, 15) is 0 Å². The van der Waals surface area contributed by atoms with Gasteiger partial charge < -0.3 is 5.73 Å². The molecule has 3 nitrogen and oxygen atoms in total. The zero-order valence-electron chi connectivity index (χ0n) is 9.43. The minimum atomic E-state index is 0.579. The average molecular weight is 276 g/mol. The maximum Gasteiger partial charge on any atom is 0.123 e. The summed E-state index contributed by atoms with van der Waals surface area (Å²) in [5, 5.41) is 1.47. The molecule has 18 heavy (non-hydrogen) atoms. The van der Waals surface area contributed by atoms with Crippen molar-refractivity contribution in [1.82, 2.24) is 9.97 Å². The molecule has 0 aliphatic rings. The Labute approximate surface area is 115 Å². The number of rotatable bonds is 2. The minimum absolute atomic E-state index is 0.579. The van der Waals surface area contributed by atoms with Crippen LogP contribution in [0, 0.1) is 11.8 Å². The lowest BCUT2D eigenvalue weighted by Crippen LogP contribution is -1.92. The Morgan fingerprint density at radius 1 is 1.28 bits per heavy atom. The van der Waals surface area contributed by atoms with Gasteiger partial charge in [0.2, 0.25) is 0 Å². The number of thioether (sulfide) groups is 1. The van der Waals surface area contributed by atoms with Gasteiger partial charge in [-0.15, -0.1) is 0 Å². The highest BCUT2D eigenvalue weighted by Crippen LogP contribution is 2.19. The van der Waals surface area contributed by atoms with Crippen LogP contribution in [0.1, 0.15) is 5.56 Å². The van der Waals surface area contributed by atoms with Crippen LogP contribution in [0.15, 0.2) is 41.8 Å². The van der Waals surface area contributed by atoms with Crippen molar-refractivity contribution in [2.24, 2.45) is 0 Å². The van der Waals surface area contributed by atoms with Crippen LogP contribution in [0.2, 0.25) is 5.02 Å². The molecule has 0 spiro atoms. The van der Waals surface area contributed by atoms with E-state index in [1.165, 1.54) is 18.1 Å². The third kappa shape index (κ3) is 3.66. The average Bonchev–Trinajstić information content (AvgIpc) is 2.39. The van der Waals surface area contributed by atoms with Gasteiger partial charge in [-0.05, 0) is 24.3 Å². The minimum Gasteiger partial charge on any atom is -0.395 e. The second-order valence-electron chi connectivity index (χ2n) is 3.38. The first kappa shape index (κ1) is 12.7. The molecule has 1 heterocycles. The van der Waals surface area contributed by atoms with Crippen molar-refractivity contribution in [3.8, 4) is 11.8 Å². The highest BCUT2D eigenvalue weighted by Gasteiger charge is 1.98. The number of benzene rings is 1. The number of nitrogen functional groups attached to an aromatic ring is 1. The largest absolute Gasteiger partial charge is 0.395 e. The van der Waals surface area contributed by atoms with Gasteiger partial charge in [-0.1, -0.05) is 35.2 Å². The fourth-order valence-electron chi connectivity index (χ4n) is 1.23. The van der Waals surface area contributed by atoms with Crippen LogP contribution in [0.3, 0.4) is 0 Å². The van der Waals surface area contributed by atoms with Crippen LogP contribution in [0.5, 0.6) is 0 Å². The van der Waals surface area contributed by atoms with Crippen molar-refractivity contribution < 1.29 is 0 Å². The Kier molecular flexibility index (Phi) is 4.46. The molecule has 0 saturated carbocycles. The zero-order valence-corrected chi connectivity index (χ0v) is 11.0. The Morgan fingerprint density at radius 2 is 2.06 bits per heavy atom. The number of hydrogen-bond donors (Lipinski definition) is 1. The highest BCUT2D eigenvalue weighted by molar-refractivity contribution is 7.99. The molecule has 0 aliphatic heterocycles. The van der Waals surface area contributed by atoms with E-state index in [0.29, 0.717) is 16.5 Å².